The fraction of sp³-hybridized carbons (Fsp3) is 0.312. The van der Waals surface area contributed by atoms with Crippen molar-refractivity contribution in [2.24, 2.45) is 5.92 Å². The van der Waals surface area contributed by atoms with Crippen LogP contribution in [0, 0.1) is 12.8 Å². The quantitative estimate of drug-likeness (QED) is 0.874. The second-order valence-corrected chi connectivity index (χ2v) is 6.17. The van der Waals surface area contributed by atoms with E-state index in [-0.39, 0.29) is 0 Å². The molecule has 0 bridgehead atoms. The summed E-state index contributed by atoms with van der Waals surface area (Å²) in [7, 11) is 0. The average Bonchev–Trinajstić information content (AvgIpc) is 3.28. The van der Waals surface area contributed by atoms with Crippen LogP contribution in [-0.2, 0) is 0 Å². The van der Waals surface area contributed by atoms with Crippen molar-refractivity contribution in [2.45, 2.75) is 19.8 Å². The van der Waals surface area contributed by atoms with Gasteiger partial charge in [-0.15, -0.1) is 0 Å². The Hall–Kier alpha value is -1.75. The second-order valence-electron chi connectivity index (χ2n) is 5.31. The van der Waals surface area contributed by atoms with Crippen LogP contribution < -0.4 is 15.2 Å². The largest absolute Gasteiger partial charge is 0.476 e. The number of aryl methyl sites for hydroxylation is 1. The van der Waals surface area contributed by atoms with E-state index in [4.69, 9.17) is 15.2 Å². The lowest BCUT2D eigenvalue weighted by molar-refractivity contribution is 0.286. The SMILES string of the molecule is Cc1cc(Oc2ccc(N)c(OCC3CC3)n2)ccc1Br. The molecule has 0 saturated heterocycles. The molecule has 2 N–H and O–H groups in total. The molecule has 0 amide bonds. The number of nitrogens with zero attached hydrogens (tertiary/aromatic N) is 1. The van der Waals surface area contributed by atoms with Gasteiger partial charge >= 0.3 is 0 Å². The van der Waals surface area contributed by atoms with E-state index >= 15 is 0 Å². The summed E-state index contributed by atoms with van der Waals surface area (Å²) >= 11 is 3.47. The van der Waals surface area contributed by atoms with Gasteiger partial charge in [-0.2, -0.15) is 4.98 Å². The third-order valence-electron chi connectivity index (χ3n) is 3.37. The molecule has 21 heavy (non-hydrogen) atoms. The maximum atomic E-state index is 5.88. The molecule has 0 spiro atoms. The van der Waals surface area contributed by atoms with Crippen molar-refractivity contribution in [1.82, 2.24) is 4.98 Å². The Bertz CT molecular complexity index is 657. The van der Waals surface area contributed by atoms with E-state index in [9.17, 15) is 0 Å². The van der Waals surface area contributed by atoms with Crippen LogP contribution >= 0.6 is 15.9 Å². The number of hydrogen-bond acceptors (Lipinski definition) is 4. The molecule has 5 heteroatoms. The summed E-state index contributed by atoms with van der Waals surface area (Å²) in [6.07, 6.45) is 2.46. The Balaban J connectivity index is 1.74. The number of rotatable bonds is 5. The molecule has 1 aliphatic carbocycles. The van der Waals surface area contributed by atoms with E-state index in [0.717, 1.165) is 15.8 Å². The van der Waals surface area contributed by atoms with E-state index in [1.54, 1.807) is 12.1 Å². The first-order valence-corrected chi connectivity index (χ1v) is 7.74. The standard InChI is InChI=1S/C16H17BrN2O2/c1-10-8-12(4-5-13(10)17)21-15-7-6-14(18)16(19-15)20-9-11-2-3-11/h4-8,11H,2-3,9,18H2,1H3. The Morgan fingerprint density at radius 2 is 2.10 bits per heavy atom. The lowest BCUT2D eigenvalue weighted by Gasteiger charge is -2.10. The predicted molar refractivity (Wildman–Crippen MR) is 85.8 cm³/mol. The third-order valence-corrected chi connectivity index (χ3v) is 4.26. The van der Waals surface area contributed by atoms with Crippen LogP contribution in [0.2, 0.25) is 0 Å². The van der Waals surface area contributed by atoms with Crippen molar-refractivity contribution >= 4 is 21.6 Å². The topological polar surface area (TPSA) is 57.4 Å². The van der Waals surface area contributed by atoms with Crippen LogP contribution in [0.1, 0.15) is 18.4 Å². The molecule has 110 valence electrons. The number of nitrogen functional groups attached to an aromatic ring is 1. The zero-order valence-corrected chi connectivity index (χ0v) is 13.4. The molecule has 2 aromatic rings. The van der Waals surface area contributed by atoms with Gasteiger partial charge in [0.2, 0.25) is 11.8 Å². The van der Waals surface area contributed by atoms with Gasteiger partial charge in [0.05, 0.1) is 12.3 Å². The Kier molecular flexibility index (Phi) is 4.01. The van der Waals surface area contributed by atoms with Crippen LogP contribution in [-0.4, -0.2) is 11.6 Å². The monoisotopic (exact) mass is 348 g/mol. The van der Waals surface area contributed by atoms with Crippen LogP contribution in [0.15, 0.2) is 34.8 Å². The van der Waals surface area contributed by atoms with Gasteiger partial charge in [-0.3, -0.25) is 0 Å². The Morgan fingerprint density at radius 1 is 1.29 bits per heavy atom. The third kappa shape index (κ3) is 3.67. The molecule has 1 fully saturated rings. The van der Waals surface area contributed by atoms with Crippen molar-refractivity contribution in [3.8, 4) is 17.5 Å². The highest BCUT2D eigenvalue weighted by Gasteiger charge is 2.22. The van der Waals surface area contributed by atoms with E-state index in [0.29, 0.717) is 30.0 Å². The van der Waals surface area contributed by atoms with Crippen molar-refractivity contribution in [1.29, 1.82) is 0 Å². The second kappa shape index (κ2) is 5.93. The van der Waals surface area contributed by atoms with Crippen molar-refractivity contribution in [3.05, 3.63) is 40.4 Å². The molecule has 3 rings (SSSR count). The van der Waals surface area contributed by atoms with Crippen molar-refractivity contribution in [2.75, 3.05) is 12.3 Å². The van der Waals surface area contributed by atoms with Crippen molar-refractivity contribution in [3.63, 3.8) is 0 Å². The number of ether oxygens (including phenoxy) is 2. The highest BCUT2D eigenvalue weighted by molar-refractivity contribution is 9.10. The highest BCUT2D eigenvalue weighted by Crippen LogP contribution is 2.32. The van der Waals surface area contributed by atoms with Gasteiger partial charge in [-0.25, -0.2) is 0 Å². The number of hydrogen-bond donors (Lipinski definition) is 1. The predicted octanol–water partition coefficient (Wildman–Crippen LogP) is 4.32. The van der Waals surface area contributed by atoms with Crippen LogP contribution in [0.25, 0.3) is 0 Å². The van der Waals surface area contributed by atoms with Gasteiger partial charge in [-0.1, -0.05) is 15.9 Å². The van der Waals surface area contributed by atoms with Gasteiger partial charge < -0.3 is 15.2 Å². The van der Waals surface area contributed by atoms with Gasteiger partial charge in [-0.05, 0) is 55.5 Å². The minimum atomic E-state index is 0.452. The number of anilines is 1. The minimum absolute atomic E-state index is 0.452. The first-order chi connectivity index (χ1) is 10.1. The summed E-state index contributed by atoms with van der Waals surface area (Å²) in [5.74, 6) is 2.33. The zero-order chi connectivity index (χ0) is 14.8. The maximum absolute atomic E-state index is 5.88. The van der Waals surface area contributed by atoms with E-state index in [2.05, 4.69) is 20.9 Å². The summed E-state index contributed by atoms with van der Waals surface area (Å²) < 4.78 is 12.5. The van der Waals surface area contributed by atoms with Crippen LogP contribution in [0.4, 0.5) is 5.69 Å². The fourth-order valence-corrected chi connectivity index (χ4v) is 2.14. The normalized spacial score (nSPS) is 14.0. The van der Waals surface area contributed by atoms with E-state index in [1.807, 2.05) is 25.1 Å². The molecule has 0 unspecified atom stereocenters. The molecule has 0 atom stereocenters. The molecular weight excluding hydrogens is 332 g/mol. The van der Waals surface area contributed by atoms with Crippen LogP contribution in [0.3, 0.4) is 0 Å². The molecule has 4 nitrogen and oxygen atoms in total. The average molecular weight is 349 g/mol. The summed E-state index contributed by atoms with van der Waals surface area (Å²) in [6.45, 7) is 2.69. The smallest absolute Gasteiger partial charge is 0.240 e. The number of benzene rings is 1. The van der Waals surface area contributed by atoms with Crippen molar-refractivity contribution < 1.29 is 9.47 Å². The number of pyridine rings is 1. The van der Waals surface area contributed by atoms with E-state index < -0.39 is 0 Å². The summed E-state index contributed by atoms with van der Waals surface area (Å²) in [6, 6.07) is 9.30. The van der Waals surface area contributed by atoms with Gasteiger partial charge in [0.25, 0.3) is 0 Å². The lowest BCUT2D eigenvalue weighted by atomic mass is 10.2. The minimum Gasteiger partial charge on any atom is -0.476 e. The summed E-state index contributed by atoms with van der Waals surface area (Å²) in [5.41, 5.74) is 7.53. The summed E-state index contributed by atoms with van der Waals surface area (Å²) in [5, 5.41) is 0. The molecule has 0 aliphatic heterocycles. The first kappa shape index (κ1) is 14.2. The molecule has 1 aromatic carbocycles. The molecular formula is C16H17BrN2O2. The fourth-order valence-electron chi connectivity index (χ4n) is 1.89. The molecule has 1 saturated carbocycles. The number of aromatic nitrogens is 1. The molecule has 0 radical (unpaired) electrons. The van der Waals surface area contributed by atoms with Gasteiger partial charge in [0.1, 0.15) is 5.75 Å². The Labute approximate surface area is 132 Å². The van der Waals surface area contributed by atoms with Gasteiger partial charge in [0.15, 0.2) is 0 Å². The van der Waals surface area contributed by atoms with Gasteiger partial charge in [0, 0.05) is 10.5 Å². The van der Waals surface area contributed by atoms with E-state index in [1.165, 1.54) is 12.8 Å². The Morgan fingerprint density at radius 3 is 2.81 bits per heavy atom. The lowest BCUT2D eigenvalue weighted by Crippen LogP contribution is -2.04. The number of nitrogens with two attached hydrogens (primary N) is 1. The molecule has 1 heterocycles. The number of halogens is 1. The summed E-state index contributed by atoms with van der Waals surface area (Å²) in [4.78, 5) is 4.34. The molecule has 1 aliphatic rings. The van der Waals surface area contributed by atoms with Crippen LogP contribution in [0.5, 0.6) is 17.5 Å². The first-order valence-electron chi connectivity index (χ1n) is 6.95. The zero-order valence-electron chi connectivity index (χ0n) is 11.8. The maximum Gasteiger partial charge on any atom is 0.240 e. The molecule has 1 aromatic heterocycles. The highest BCUT2D eigenvalue weighted by atomic mass is 79.9.